The molecule has 160 valence electrons. The number of halogens is 2. The Morgan fingerprint density at radius 3 is 2.52 bits per heavy atom. The summed E-state index contributed by atoms with van der Waals surface area (Å²) in [5.74, 6) is 0.620. The Hall–Kier alpha value is -1.46. The topological polar surface area (TPSA) is 55.8 Å². The second-order valence-electron chi connectivity index (χ2n) is 6.73. The fourth-order valence-corrected chi connectivity index (χ4v) is 3.99. The van der Waals surface area contributed by atoms with Gasteiger partial charge in [-0.15, -0.1) is 35.3 Å². The Morgan fingerprint density at radius 1 is 1.17 bits per heavy atom. The number of hydrogen-bond acceptors (Lipinski definition) is 5. The molecule has 1 aliphatic rings. The van der Waals surface area contributed by atoms with Gasteiger partial charge in [0.1, 0.15) is 10.8 Å². The van der Waals surface area contributed by atoms with Crippen molar-refractivity contribution in [2.24, 2.45) is 4.99 Å². The SMILES string of the molecule is CCc1cnc(CNC(=NC)NCCN2CCN(c3ccc(F)cc3)CC2)s1.I. The van der Waals surface area contributed by atoms with Crippen LogP contribution in [0.5, 0.6) is 0 Å². The molecule has 1 saturated heterocycles. The highest BCUT2D eigenvalue weighted by Crippen LogP contribution is 2.16. The number of nitrogens with one attached hydrogen (secondary N) is 2. The average Bonchev–Trinajstić information content (AvgIpc) is 3.20. The Balaban J connectivity index is 0.00000300. The van der Waals surface area contributed by atoms with E-state index in [0.717, 1.165) is 62.3 Å². The molecule has 0 unspecified atom stereocenters. The maximum Gasteiger partial charge on any atom is 0.191 e. The molecule has 1 fully saturated rings. The Labute approximate surface area is 193 Å². The summed E-state index contributed by atoms with van der Waals surface area (Å²) in [4.78, 5) is 14.8. The van der Waals surface area contributed by atoms with Crippen LogP contribution in [0, 0.1) is 5.82 Å². The van der Waals surface area contributed by atoms with Gasteiger partial charge in [0.15, 0.2) is 5.96 Å². The van der Waals surface area contributed by atoms with Gasteiger partial charge in [0.2, 0.25) is 0 Å². The van der Waals surface area contributed by atoms with Crippen LogP contribution in [-0.2, 0) is 13.0 Å². The molecule has 6 nitrogen and oxygen atoms in total. The van der Waals surface area contributed by atoms with Gasteiger partial charge in [-0.05, 0) is 30.7 Å². The second-order valence-corrected chi connectivity index (χ2v) is 7.93. The van der Waals surface area contributed by atoms with Gasteiger partial charge in [-0.25, -0.2) is 9.37 Å². The number of hydrogen-bond donors (Lipinski definition) is 2. The van der Waals surface area contributed by atoms with Crippen LogP contribution >= 0.6 is 35.3 Å². The van der Waals surface area contributed by atoms with Gasteiger partial charge in [0, 0.05) is 63.1 Å². The fourth-order valence-electron chi connectivity index (χ4n) is 3.19. The zero-order chi connectivity index (χ0) is 19.8. The first-order valence-electron chi connectivity index (χ1n) is 9.79. The van der Waals surface area contributed by atoms with E-state index in [2.05, 4.69) is 37.3 Å². The number of anilines is 1. The highest BCUT2D eigenvalue weighted by Gasteiger charge is 2.17. The summed E-state index contributed by atoms with van der Waals surface area (Å²) in [5.41, 5.74) is 1.09. The standard InChI is InChI=1S/C20H29FN6S.HI/c1-3-18-14-24-19(28-18)15-25-20(22-2)23-8-9-26-10-12-27(13-11-26)17-6-4-16(21)5-7-17;/h4-7,14H,3,8-13,15H2,1-2H3,(H2,22,23,25);1H. The fraction of sp³-hybridized carbons (Fsp3) is 0.500. The summed E-state index contributed by atoms with van der Waals surface area (Å²) in [6.07, 6.45) is 2.97. The zero-order valence-electron chi connectivity index (χ0n) is 17.0. The van der Waals surface area contributed by atoms with E-state index in [1.807, 2.05) is 18.3 Å². The first kappa shape index (κ1) is 23.8. The Kier molecular flexibility index (Phi) is 10.1. The minimum absolute atomic E-state index is 0. The van der Waals surface area contributed by atoms with Gasteiger partial charge in [0.25, 0.3) is 0 Å². The van der Waals surface area contributed by atoms with E-state index < -0.39 is 0 Å². The van der Waals surface area contributed by atoms with Crippen molar-refractivity contribution in [3.63, 3.8) is 0 Å². The van der Waals surface area contributed by atoms with Crippen molar-refractivity contribution in [3.05, 3.63) is 46.2 Å². The van der Waals surface area contributed by atoms with E-state index in [0.29, 0.717) is 6.54 Å². The molecule has 0 aliphatic carbocycles. The van der Waals surface area contributed by atoms with Crippen LogP contribution in [0.1, 0.15) is 16.8 Å². The van der Waals surface area contributed by atoms with Crippen molar-refractivity contribution in [1.82, 2.24) is 20.5 Å². The molecule has 9 heteroatoms. The van der Waals surface area contributed by atoms with Crippen molar-refractivity contribution in [3.8, 4) is 0 Å². The lowest BCUT2D eigenvalue weighted by Crippen LogP contribution is -2.49. The molecular formula is C20H30FIN6S. The molecular weight excluding hydrogens is 502 g/mol. The van der Waals surface area contributed by atoms with E-state index in [1.54, 1.807) is 18.4 Å². The van der Waals surface area contributed by atoms with E-state index >= 15 is 0 Å². The summed E-state index contributed by atoms with van der Waals surface area (Å²) in [6.45, 7) is 8.58. The summed E-state index contributed by atoms with van der Waals surface area (Å²) >= 11 is 1.74. The van der Waals surface area contributed by atoms with E-state index in [1.165, 1.54) is 17.0 Å². The summed E-state index contributed by atoms with van der Waals surface area (Å²) in [7, 11) is 1.79. The van der Waals surface area contributed by atoms with Gasteiger partial charge >= 0.3 is 0 Å². The summed E-state index contributed by atoms with van der Waals surface area (Å²) < 4.78 is 13.1. The van der Waals surface area contributed by atoms with Gasteiger partial charge in [-0.2, -0.15) is 0 Å². The Bertz CT molecular complexity index is 759. The monoisotopic (exact) mass is 532 g/mol. The van der Waals surface area contributed by atoms with E-state index in [-0.39, 0.29) is 29.8 Å². The molecule has 2 heterocycles. The average molecular weight is 532 g/mol. The minimum Gasteiger partial charge on any atom is -0.369 e. The third-order valence-corrected chi connectivity index (χ3v) is 6.01. The first-order chi connectivity index (χ1) is 13.7. The van der Waals surface area contributed by atoms with E-state index in [4.69, 9.17) is 0 Å². The molecule has 0 radical (unpaired) electrons. The van der Waals surface area contributed by atoms with Crippen LogP contribution in [0.3, 0.4) is 0 Å². The maximum absolute atomic E-state index is 13.1. The van der Waals surface area contributed by atoms with Crippen molar-refractivity contribution in [1.29, 1.82) is 0 Å². The third kappa shape index (κ3) is 7.38. The van der Waals surface area contributed by atoms with Gasteiger partial charge in [-0.1, -0.05) is 6.92 Å². The first-order valence-corrected chi connectivity index (χ1v) is 10.6. The number of benzene rings is 1. The molecule has 0 spiro atoms. The molecule has 2 aromatic rings. The van der Waals surface area contributed by atoms with Crippen LogP contribution in [0.25, 0.3) is 0 Å². The van der Waals surface area contributed by atoms with Crippen LogP contribution in [0.2, 0.25) is 0 Å². The van der Waals surface area contributed by atoms with Gasteiger partial charge in [0.05, 0.1) is 6.54 Å². The third-order valence-electron chi connectivity index (χ3n) is 4.87. The molecule has 1 aliphatic heterocycles. The largest absolute Gasteiger partial charge is 0.369 e. The molecule has 0 amide bonds. The molecule has 0 saturated carbocycles. The smallest absolute Gasteiger partial charge is 0.191 e. The highest BCUT2D eigenvalue weighted by atomic mass is 127. The van der Waals surface area contributed by atoms with Gasteiger partial charge in [-0.3, -0.25) is 9.89 Å². The van der Waals surface area contributed by atoms with Crippen molar-refractivity contribution in [2.45, 2.75) is 19.9 Å². The number of rotatable bonds is 7. The number of aliphatic imine (C=N–C) groups is 1. The van der Waals surface area contributed by atoms with Crippen LogP contribution < -0.4 is 15.5 Å². The number of aromatic nitrogens is 1. The number of guanidine groups is 1. The lowest BCUT2D eigenvalue weighted by Gasteiger charge is -2.36. The molecule has 29 heavy (non-hydrogen) atoms. The summed E-state index contributed by atoms with van der Waals surface area (Å²) in [6, 6.07) is 6.76. The molecule has 0 bridgehead atoms. The summed E-state index contributed by atoms with van der Waals surface area (Å²) in [5, 5.41) is 7.78. The number of piperazine rings is 1. The predicted molar refractivity (Wildman–Crippen MR) is 130 cm³/mol. The highest BCUT2D eigenvalue weighted by molar-refractivity contribution is 14.0. The normalized spacial score (nSPS) is 15.1. The number of aryl methyl sites for hydroxylation is 1. The number of thiazole rings is 1. The van der Waals surface area contributed by atoms with Crippen LogP contribution in [0.4, 0.5) is 10.1 Å². The van der Waals surface area contributed by atoms with Gasteiger partial charge < -0.3 is 15.5 Å². The molecule has 0 atom stereocenters. The minimum atomic E-state index is -0.184. The van der Waals surface area contributed by atoms with Crippen LogP contribution in [-0.4, -0.2) is 62.2 Å². The Morgan fingerprint density at radius 2 is 1.90 bits per heavy atom. The lowest BCUT2D eigenvalue weighted by molar-refractivity contribution is 0.261. The van der Waals surface area contributed by atoms with E-state index in [9.17, 15) is 4.39 Å². The van der Waals surface area contributed by atoms with Crippen molar-refractivity contribution >= 4 is 47.0 Å². The maximum atomic E-state index is 13.1. The molecule has 3 rings (SSSR count). The van der Waals surface area contributed by atoms with Crippen molar-refractivity contribution in [2.75, 3.05) is 51.2 Å². The number of nitrogens with zero attached hydrogens (tertiary/aromatic N) is 4. The second kappa shape index (κ2) is 12.3. The predicted octanol–water partition coefficient (Wildman–Crippen LogP) is 2.95. The molecule has 1 aromatic carbocycles. The lowest BCUT2D eigenvalue weighted by atomic mass is 10.2. The van der Waals surface area contributed by atoms with Crippen molar-refractivity contribution < 1.29 is 4.39 Å². The zero-order valence-corrected chi connectivity index (χ0v) is 20.2. The molecule has 2 N–H and O–H groups in total. The van der Waals surface area contributed by atoms with Crippen LogP contribution in [0.15, 0.2) is 35.5 Å². The molecule has 1 aromatic heterocycles. The quantitative estimate of drug-likeness (QED) is 0.327.